The number of anilines is 1. The van der Waals surface area contributed by atoms with Crippen molar-refractivity contribution in [2.75, 3.05) is 11.6 Å². The molecule has 2 N–H and O–H groups in total. The molecule has 0 spiro atoms. The molecular formula is C15H14BrFN2OS. The van der Waals surface area contributed by atoms with E-state index in [1.165, 1.54) is 17.0 Å². The Morgan fingerprint density at radius 1 is 1.24 bits per heavy atom. The highest BCUT2D eigenvalue weighted by molar-refractivity contribution is 9.10. The van der Waals surface area contributed by atoms with Gasteiger partial charge in [-0.1, -0.05) is 28.1 Å². The molecule has 6 heteroatoms. The molecular weight excluding hydrogens is 355 g/mol. The van der Waals surface area contributed by atoms with Crippen LogP contribution in [0, 0.1) is 5.82 Å². The molecule has 2 aromatic carbocycles. The summed E-state index contributed by atoms with van der Waals surface area (Å²) in [7, 11) is 0. The smallest absolute Gasteiger partial charge is 0.319 e. The lowest BCUT2D eigenvalue weighted by Crippen LogP contribution is -2.28. The first-order valence-corrected chi connectivity index (χ1v) is 8.23. The number of hydrogen-bond acceptors (Lipinski definition) is 2. The zero-order chi connectivity index (χ0) is 15.2. The first-order chi connectivity index (χ1) is 10.1. The number of carbonyl (C=O) groups excluding carboxylic acids is 1. The van der Waals surface area contributed by atoms with Crippen molar-refractivity contribution in [1.82, 2.24) is 5.32 Å². The van der Waals surface area contributed by atoms with E-state index in [9.17, 15) is 9.18 Å². The van der Waals surface area contributed by atoms with Crippen LogP contribution in [0.2, 0.25) is 0 Å². The summed E-state index contributed by atoms with van der Waals surface area (Å²) in [5, 5.41) is 5.17. The third-order valence-electron chi connectivity index (χ3n) is 2.79. The monoisotopic (exact) mass is 368 g/mol. The second kappa shape index (κ2) is 7.47. The zero-order valence-corrected chi connectivity index (χ0v) is 13.7. The van der Waals surface area contributed by atoms with Crippen molar-refractivity contribution in [3.63, 3.8) is 0 Å². The number of thioether (sulfide) groups is 1. The topological polar surface area (TPSA) is 41.1 Å². The maximum absolute atomic E-state index is 13.6. The number of amides is 2. The van der Waals surface area contributed by atoms with Crippen molar-refractivity contribution < 1.29 is 9.18 Å². The average Bonchev–Trinajstić information content (AvgIpc) is 2.48. The molecule has 2 amide bonds. The number of rotatable bonds is 4. The van der Waals surface area contributed by atoms with Gasteiger partial charge in [0.25, 0.3) is 0 Å². The number of hydrogen-bond donors (Lipinski definition) is 2. The van der Waals surface area contributed by atoms with E-state index in [-0.39, 0.29) is 5.69 Å². The maximum atomic E-state index is 13.6. The van der Waals surface area contributed by atoms with Gasteiger partial charge in [-0.25, -0.2) is 9.18 Å². The van der Waals surface area contributed by atoms with Gasteiger partial charge in [-0.05, 0) is 42.2 Å². The molecule has 0 fully saturated rings. The molecule has 0 unspecified atom stereocenters. The Morgan fingerprint density at radius 2 is 1.95 bits per heavy atom. The van der Waals surface area contributed by atoms with Crippen LogP contribution < -0.4 is 10.6 Å². The van der Waals surface area contributed by atoms with Crippen molar-refractivity contribution in [2.24, 2.45) is 0 Å². The molecule has 0 aliphatic heterocycles. The van der Waals surface area contributed by atoms with E-state index < -0.39 is 11.8 Å². The fourth-order valence-corrected chi connectivity index (χ4v) is 2.42. The van der Waals surface area contributed by atoms with Gasteiger partial charge in [0, 0.05) is 15.9 Å². The summed E-state index contributed by atoms with van der Waals surface area (Å²) in [5.74, 6) is -0.483. The Balaban J connectivity index is 1.89. The van der Waals surface area contributed by atoms with Gasteiger partial charge in [0.15, 0.2) is 0 Å². The summed E-state index contributed by atoms with van der Waals surface area (Å²) in [4.78, 5) is 12.9. The van der Waals surface area contributed by atoms with Crippen LogP contribution >= 0.6 is 27.7 Å². The standard InChI is InChI=1S/C15H14BrFN2OS/c1-21-12-5-2-10(3-6-12)9-18-15(20)19-14-7-4-11(16)8-13(14)17/h2-8H,9H2,1H3,(H2,18,19,20). The number of carbonyl (C=O) groups is 1. The molecule has 0 saturated heterocycles. The molecule has 2 rings (SSSR count). The first-order valence-electron chi connectivity index (χ1n) is 6.21. The second-order valence-corrected chi connectivity index (χ2v) is 6.08. The predicted molar refractivity (Wildman–Crippen MR) is 88.2 cm³/mol. The molecule has 0 radical (unpaired) electrons. The minimum atomic E-state index is -0.483. The Morgan fingerprint density at radius 3 is 2.57 bits per heavy atom. The third kappa shape index (κ3) is 4.75. The minimum absolute atomic E-state index is 0.147. The molecule has 110 valence electrons. The lowest BCUT2D eigenvalue weighted by Gasteiger charge is -2.09. The van der Waals surface area contributed by atoms with Gasteiger partial charge in [0.1, 0.15) is 5.82 Å². The molecule has 0 atom stereocenters. The summed E-state index contributed by atoms with van der Waals surface area (Å²) >= 11 is 4.83. The van der Waals surface area contributed by atoms with Crippen LogP contribution in [-0.2, 0) is 6.54 Å². The lowest BCUT2D eigenvalue weighted by molar-refractivity contribution is 0.251. The molecule has 2 aromatic rings. The average molecular weight is 369 g/mol. The van der Waals surface area contributed by atoms with Crippen LogP contribution in [0.4, 0.5) is 14.9 Å². The maximum Gasteiger partial charge on any atom is 0.319 e. The summed E-state index contributed by atoms with van der Waals surface area (Å²) in [6.07, 6.45) is 2.01. The van der Waals surface area contributed by atoms with Gasteiger partial charge >= 0.3 is 6.03 Å². The lowest BCUT2D eigenvalue weighted by atomic mass is 10.2. The molecule has 0 heterocycles. The Kier molecular flexibility index (Phi) is 5.64. The van der Waals surface area contributed by atoms with Crippen LogP contribution in [0.15, 0.2) is 51.8 Å². The Labute approximate surface area is 135 Å². The largest absolute Gasteiger partial charge is 0.334 e. The van der Waals surface area contributed by atoms with Gasteiger partial charge < -0.3 is 10.6 Å². The van der Waals surface area contributed by atoms with Crippen molar-refractivity contribution in [1.29, 1.82) is 0 Å². The molecule has 0 aliphatic rings. The van der Waals surface area contributed by atoms with Gasteiger partial charge in [0.2, 0.25) is 0 Å². The van der Waals surface area contributed by atoms with Crippen LogP contribution in [0.25, 0.3) is 0 Å². The highest BCUT2D eigenvalue weighted by Gasteiger charge is 2.07. The first kappa shape index (κ1) is 15.9. The zero-order valence-electron chi connectivity index (χ0n) is 11.3. The van der Waals surface area contributed by atoms with Crippen LogP contribution in [0.3, 0.4) is 0 Å². The highest BCUT2D eigenvalue weighted by atomic mass is 79.9. The van der Waals surface area contributed by atoms with E-state index >= 15 is 0 Å². The Hall–Kier alpha value is -1.53. The number of urea groups is 1. The van der Waals surface area contributed by atoms with E-state index in [1.54, 1.807) is 17.8 Å². The second-order valence-electron chi connectivity index (χ2n) is 4.28. The highest BCUT2D eigenvalue weighted by Crippen LogP contribution is 2.19. The predicted octanol–water partition coefficient (Wildman–Crippen LogP) is 4.63. The van der Waals surface area contributed by atoms with Gasteiger partial charge in [-0.15, -0.1) is 11.8 Å². The summed E-state index contributed by atoms with van der Waals surface area (Å²) in [6, 6.07) is 11.9. The fourth-order valence-electron chi connectivity index (χ4n) is 1.68. The van der Waals surface area contributed by atoms with Crippen LogP contribution in [0.5, 0.6) is 0 Å². The normalized spacial score (nSPS) is 10.2. The third-order valence-corrected chi connectivity index (χ3v) is 4.03. The molecule has 0 bridgehead atoms. The SMILES string of the molecule is CSc1ccc(CNC(=O)Nc2ccc(Br)cc2F)cc1. The van der Waals surface area contributed by atoms with E-state index in [0.717, 1.165) is 5.56 Å². The fraction of sp³-hybridized carbons (Fsp3) is 0.133. The quantitative estimate of drug-likeness (QED) is 0.772. The van der Waals surface area contributed by atoms with Crippen molar-refractivity contribution >= 4 is 39.4 Å². The van der Waals surface area contributed by atoms with Crippen LogP contribution in [0.1, 0.15) is 5.56 Å². The van der Waals surface area contributed by atoms with Crippen LogP contribution in [-0.4, -0.2) is 12.3 Å². The minimum Gasteiger partial charge on any atom is -0.334 e. The van der Waals surface area contributed by atoms with E-state index in [0.29, 0.717) is 11.0 Å². The van der Waals surface area contributed by atoms with Gasteiger partial charge in [-0.2, -0.15) is 0 Å². The van der Waals surface area contributed by atoms with E-state index in [2.05, 4.69) is 26.6 Å². The summed E-state index contributed by atoms with van der Waals surface area (Å²) in [5.41, 5.74) is 1.13. The summed E-state index contributed by atoms with van der Waals surface area (Å²) in [6.45, 7) is 0.388. The van der Waals surface area contributed by atoms with Gasteiger partial charge in [0.05, 0.1) is 5.69 Å². The molecule has 0 saturated carbocycles. The Bertz CT molecular complexity index is 634. The van der Waals surface area contributed by atoms with E-state index in [1.807, 2.05) is 30.5 Å². The summed E-state index contributed by atoms with van der Waals surface area (Å²) < 4.78 is 14.2. The van der Waals surface area contributed by atoms with Crippen molar-refractivity contribution in [3.05, 3.63) is 58.3 Å². The molecule has 0 aromatic heterocycles. The number of nitrogens with one attached hydrogen (secondary N) is 2. The molecule has 0 aliphatic carbocycles. The molecule has 21 heavy (non-hydrogen) atoms. The van der Waals surface area contributed by atoms with Gasteiger partial charge in [-0.3, -0.25) is 0 Å². The number of benzene rings is 2. The molecule has 3 nitrogen and oxygen atoms in total. The van der Waals surface area contributed by atoms with E-state index in [4.69, 9.17) is 0 Å². The number of halogens is 2. The van der Waals surface area contributed by atoms with Crippen molar-refractivity contribution in [3.8, 4) is 0 Å². The van der Waals surface area contributed by atoms with Crippen molar-refractivity contribution in [2.45, 2.75) is 11.4 Å².